The summed E-state index contributed by atoms with van der Waals surface area (Å²) < 4.78 is 16.1. The first-order valence-corrected chi connectivity index (χ1v) is 10.8. The van der Waals surface area contributed by atoms with E-state index in [4.69, 9.17) is 19.0 Å². The van der Waals surface area contributed by atoms with E-state index in [-0.39, 0.29) is 30.5 Å². The van der Waals surface area contributed by atoms with Crippen molar-refractivity contribution in [3.05, 3.63) is 69.6 Å². The van der Waals surface area contributed by atoms with Gasteiger partial charge in [-0.1, -0.05) is 30.3 Å². The van der Waals surface area contributed by atoms with Gasteiger partial charge in [0.2, 0.25) is 11.8 Å². The number of fused-ring (bicyclic) bond motifs is 1. The summed E-state index contributed by atoms with van der Waals surface area (Å²) in [7, 11) is 2.95. The zero-order valence-electron chi connectivity index (χ0n) is 19.5. The zero-order valence-corrected chi connectivity index (χ0v) is 19.5. The molecule has 0 unspecified atom stereocenters. The highest BCUT2D eigenvalue weighted by Gasteiger charge is 2.25. The lowest BCUT2D eigenvalue weighted by atomic mass is 10.0. The first-order chi connectivity index (χ1) is 16.7. The van der Waals surface area contributed by atoms with Crippen molar-refractivity contribution in [1.29, 1.82) is 0 Å². The summed E-state index contributed by atoms with van der Waals surface area (Å²) >= 11 is 0. The van der Waals surface area contributed by atoms with Crippen LogP contribution < -0.4 is 25.7 Å². The van der Waals surface area contributed by atoms with Gasteiger partial charge in [-0.3, -0.25) is 14.4 Å². The molecule has 3 rings (SSSR count). The van der Waals surface area contributed by atoms with E-state index in [1.54, 1.807) is 49.4 Å². The molecular weight excluding hydrogens is 456 g/mol. The van der Waals surface area contributed by atoms with E-state index in [0.717, 1.165) is 0 Å². The molecule has 0 spiro atoms. The van der Waals surface area contributed by atoms with Crippen LogP contribution in [0.1, 0.15) is 29.2 Å². The first-order valence-electron chi connectivity index (χ1n) is 10.8. The molecule has 1 atom stereocenters. The van der Waals surface area contributed by atoms with Gasteiger partial charge in [0.25, 0.3) is 0 Å². The predicted molar refractivity (Wildman–Crippen MR) is 127 cm³/mol. The van der Waals surface area contributed by atoms with Crippen molar-refractivity contribution in [2.24, 2.45) is 0 Å². The van der Waals surface area contributed by atoms with E-state index in [0.29, 0.717) is 28.0 Å². The van der Waals surface area contributed by atoms with Crippen LogP contribution in [0.15, 0.2) is 51.7 Å². The van der Waals surface area contributed by atoms with Crippen LogP contribution in [0.3, 0.4) is 0 Å². The molecule has 3 N–H and O–H groups in total. The van der Waals surface area contributed by atoms with Gasteiger partial charge in [0, 0.05) is 18.7 Å². The molecule has 0 aliphatic rings. The van der Waals surface area contributed by atoms with Crippen molar-refractivity contribution in [1.82, 2.24) is 10.6 Å². The Hall–Kier alpha value is -4.34. The second kappa shape index (κ2) is 11.2. The lowest BCUT2D eigenvalue weighted by Gasteiger charge is -2.19. The number of aliphatic carboxylic acids is 1. The Balaban J connectivity index is 1.89. The molecule has 0 fully saturated rings. The molecule has 0 saturated heterocycles. The molecule has 0 aliphatic carbocycles. The minimum absolute atomic E-state index is 0.0933. The largest absolute Gasteiger partial charge is 0.496 e. The van der Waals surface area contributed by atoms with Gasteiger partial charge in [0.05, 0.1) is 38.0 Å². The Bertz CT molecular complexity index is 1300. The second-order valence-electron chi connectivity index (χ2n) is 7.72. The summed E-state index contributed by atoms with van der Waals surface area (Å²) in [6, 6.07) is 10.6. The van der Waals surface area contributed by atoms with E-state index in [1.807, 2.05) is 0 Å². The summed E-state index contributed by atoms with van der Waals surface area (Å²) in [6.45, 7) is 1.59. The highest BCUT2D eigenvalue weighted by molar-refractivity contribution is 5.92. The van der Waals surface area contributed by atoms with Gasteiger partial charge in [0.1, 0.15) is 23.1 Å². The molecule has 0 aliphatic heterocycles. The van der Waals surface area contributed by atoms with Crippen LogP contribution in [0.2, 0.25) is 0 Å². The van der Waals surface area contributed by atoms with E-state index < -0.39 is 29.5 Å². The number of carboxylic acids is 1. The van der Waals surface area contributed by atoms with Gasteiger partial charge in [-0.15, -0.1) is 0 Å². The van der Waals surface area contributed by atoms with Gasteiger partial charge in [-0.05, 0) is 18.1 Å². The summed E-state index contributed by atoms with van der Waals surface area (Å²) in [6.07, 6.45) is -0.601. The SMILES string of the molecule is COc1cc(OC)c2c(C)c(CC(=O)N[C@@H](C(=O)NCCC(=O)O)c3ccccc3)c(=O)oc2c1. The van der Waals surface area contributed by atoms with E-state index in [2.05, 4.69) is 10.6 Å². The molecule has 0 radical (unpaired) electrons. The Labute approximate surface area is 200 Å². The molecule has 35 heavy (non-hydrogen) atoms. The van der Waals surface area contributed by atoms with Gasteiger partial charge in [0.15, 0.2) is 0 Å². The molecule has 2 amide bonds. The quantitative estimate of drug-likeness (QED) is 0.373. The number of methoxy groups -OCH3 is 2. The van der Waals surface area contributed by atoms with Crippen LogP contribution in [0.4, 0.5) is 0 Å². The maximum Gasteiger partial charge on any atom is 0.340 e. The van der Waals surface area contributed by atoms with Crippen LogP contribution in [-0.2, 0) is 20.8 Å². The van der Waals surface area contributed by atoms with Crippen LogP contribution in [-0.4, -0.2) is 43.7 Å². The number of benzene rings is 2. The van der Waals surface area contributed by atoms with Crippen molar-refractivity contribution < 1.29 is 33.4 Å². The molecule has 1 aromatic heterocycles. The van der Waals surface area contributed by atoms with Gasteiger partial charge in [-0.25, -0.2) is 4.79 Å². The van der Waals surface area contributed by atoms with Crippen molar-refractivity contribution in [3.63, 3.8) is 0 Å². The summed E-state index contributed by atoms with van der Waals surface area (Å²) in [4.78, 5) is 49.2. The summed E-state index contributed by atoms with van der Waals surface area (Å²) in [5.74, 6) is -1.35. The van der Waals surface area contributed by atoms with E-state index in [1.165, 1.54) is 14.2 Å². The number of ether oxygens (including phenoxy) is 2. The highest BCUT2D eigenvalue weighted by atomic mass is 16.5. The highest BCUT2D eigenvalue weighted by Crippen LogP contribution is 2.33. The molecule has 10 heteroatoms. The van der Waals surface area contributed by atoms with Gasteiger partial charge in [-0.2, -0.15) is 0 Å². The fourth-order valence-corrected chi connectivity index (χ4v) is 3.68. The third kappa shape index (κ3) is 5.97. The van der Waals surface area contributed by atoms with Gasteiger partial charge < -0.3 is 29.6 Å². The smallest absolute Gasteiger partial charge is 0.340 e. The predicted octanol–water partition coefficient (Wildman–Crippen LogP) is 2.11. The summed E-state index contributed by atoms with van der Waals surface area (Å²) in [5, 5.41) is 14.5. The standard InChI is InChI=1S/C25H26N2O8/c1-14-17(25(32)35-19-12-16(33-2)11-18(34-3)22(14)19)13-20(28)27-23(15-7-5-4-6-8-15)24(31)26-10-9-21(29)30/h4-8,11-12,23H,9-10,13H2,1-3H3,(H,26,31)(H,27,28)(H,29,30)/t23-/m1/s1. The Morgan fingerprint density at radius 3 is 2.43 bits per heavy atom. The number of amides is 2. The molecule has 3 aromatic rings. The van der Waals surface area contributed by atoms with Gasteiger partial charge >= 0.3 is 11.6 Å². The first kappa shape index (κ1) is 25.3. The number of nitrogens with one attached hydrogen (secondary N) is 2. The zero-order chi connectivity index (χ0) is 25.5. The average molecular weight is 482 g/mol. The number of carbonyl (C=O) groups excluding carboxylic acids is 2. The van der Waals surface area contributed by atoms with E-state index >= 15 is 0 Å². The maximum absolute atomic E-state index is 13.0. The van der Waals surface area contributed by atoms with Crippen LogP contribution in [0, 0.1) is 6.92 Å². The molecule has 1 heterocycles. The third-order valence-corrected chi connectivity index (χ3v) is 5.45. The second-order valence-corrected chi connectivity index (χ2v) is 7.72. The lowest BCUT2D eigenvalue weighted by Crippen LogP contribution is -2.42. The Morgan fingerprint density at radius 1 is 1.09 bits per heavy atom. The topological polar surface area (TPSA) is 144 Å². The minimum Gasteiger partial charge on any atom is -0.496 e. The van der Waals surface area contributed by atoms with E-state index in [9.17, 15) is 19.2 Å². The Morgan fingerprint density at radius 2 is 1.80 bits per heavy atom. The molecule has 10 nitrogen and oxygen atoms in total. The number of rotatable bonds is 10. The molecular formula is C25H26N2O8. The monoisotopic (exact) mass is 482 g/mol. The number of carboxylic acid groups (broad SMARTS) is 1. The van der Waals surface area contributed by atoms with Crippen molar-refractivity contribution >= 4 is 28.8 Å². The maximum atomic E-state index is 13.0. The van der Waals surface area contributed by atoms with Crippen molar-refractivity contribution in [2.75, 3.05) is 20.8 Å². The fourth-order valence-electron chi connectivity index (χ4n) is 3.68. The third-order valence-electron chi connectivity index (χ3n) is 5.45. The van der Waals surface area contributed by atoms with Crippen molar-refractivity contribution in [3.8, 4) is 11.5 Å². The minimum atomic E-state index is -1.08. The molecule has 0 bridgehead atoms. The summed E-state index contributed by atoms with van der Waals surface area (Å²) in [5.41, 5.74) is 0.699. The number of hydrogen-bond acceptors (Lipinski definition) is 7. The van der Waals surface area contributed by atoms with Crippen molar-refractivity contribution in [2.45, 2.75) is 25.8 Å². The average Bonchev–Trinajstić information content (AvgIpc) is 2.84. The Kier molecular flexibility index (Phi) is 8.08. The van der Waals surface area contributed by atoms with Crippen LogP contribution in [0.25, 0.3) is 11.0 Å². The molecule has 0 saturated carbocycles. The number of aryl methyl sites for hydroxylation is 1. The number of hydrogen-bond donors (Lipinski definition) is 3. The fraction of sp³-hybridized carbons (Fsp3) is 0.280. The van der Waals surface area contributed by atoms with Crippen LogP contribution in [0.5, 0.6) is 11.5 Å². The van der Waals surface area contributed by atoms with Crippen LogP contribution >= 0.6 is 0 Å². The lowest BCUT2D eigenvalue weighted by molar-refractivity contribution is -0.137. The normalized spacial score (nSPS) is 11.5. The molecule has 184 valence electrons. The number of carbonyl (C=O) groups is 3. The molecule has 2 aromatic carbocycles.